The highest BCUT2D eigenvalue weighted by atomic mass is 35.5. The van der Waals surface area contributed by atoms with Crippen LogP contribution in [0.5, 0.6) is 5.75 Å². The molecule has 0 fully saturated rings. The average molecular weight is 683 g/mol. The number of thioether (sulfide) groups is 1. The van der Waals surface area contributed by atoms with Crippen molar-refractivity contribution in [3.63, 3.8) is 0 Å². The number of nitrogens with one attached hydrogen (secondary N) is 3. The minimum Gasteiger partial charge on any atom is -0.497 e. The lowest BCUT2D eigenvalue weighted by Crippen LogP contribution is -2.30. The summed E-state index contributed by atoms with van der Waals surface area (Å²) in [6, 6.07) is 30.4. The van der Waals surface area contributed by atoms with E-state index >= 15 is 0 Å². The summed E-state index contributed by atoms with van der Waals surface area (Å²) in [5, 5.41) is 11.1. The maximum absolute atomic E-state index is 13.5. The van der Waals surface area contributed by atoms with E-state index < -0.39 is 17.1 Å². The molecule has 1 heterocycles. The van der Waals surface area contributed by atoms with Crippen LogP contribution in [0.25, 0.3) is 17.3 Å². The summed E-state index contributed by atoms with van der Waals surface area (Å²) in [6.07, 6.45) is 2.15. The molecule has 4 aromatic carbocycles. The molecule has 1 aromatic heterocycles. The SMILES string of the molecule is CCC(Sc1cccc(NC(=O)/C(=C/c2ccc(Cl)cc2)NC(=O)c2ccccc2)c1)C(=O)Nc1nc(-c2cccc(OC)c2)cs1. The number of hydrogen-bond acceptors (Lipinski definition) is 7. The second kappa shape index (κ2) is 16.1. The molecule has 0 aliphatic rings. The predicted octanol–water partition coefficient (Wildman–Crippen LogP) is 8.39. The zero-order chi connectivity index (χ0) is 33.2. The zero-order valence-corrected chi connectivity index (χ0v) is 27.9. The van der Waals surface area contributed by atoms with Crippen LogP contribution in [0.4, 0.5) is 10.8 Å². The number of thiazole rings is 1. The molecule has 0 saturated carbocycles. The van der Waals surface area contributed by atoms with Crippen LogP contribution in [-0.4, -0.2) is 35.1 Å². The third-order valence-electron chi connectivity index (χ3n) is 6.84. The van der Waals surface area contributed by atoms with Crippen LogP contribution in [-0.2, 0) is 9.59 Å². The fourth-order valence-corrected chi connectivity index (χ4v) is 6.29. The molecule has 1 unspecified atom stereocenters. The number of carbonyl (C=O) groups excluding carboxylic acids is 3. The summed E-state index contributed by atoms with van der Waals surface area (Å²) in [7, 11) is 1.61. The monoisotopic (exact) mass is 682 g/mol. The molecular formula is C36H31ClN4O4S2. The van der Waals surface area contributed by atoms with Gasteiger partial charge in [0.1, 0.15) is 11.4 Å². The fraction of sp³-hybridized carbons (Fsp3) is 0.111. The Balaban J connectivity index is 1.27. The smallest absolute Gasteiger partial charge is 0.272 e. The molecule has 5 aromatic rings. The van der Waals surface area contributed by atoms with Crippen LogP contribution in [0.1, 0.15) is 29.3 Å². The minimum atomic E-state index is -0.508. The Bertz CT molecular complexity index is 1890. The normalized spacial score (nSPS) is 11.8. The number of halogens is 1. The topological polar surface area (TPSA) is 109 Å². The Kier molecular flexibility index (Phi) is 11.5. The van der Waals surface area contributed by atoms with E-state index in [2.05, 4.69) is 20.9 Å². The van der Waals surface area contributed by atoms with Crippen LogP contribution in [0.3, 0.4) is 0 Å². The molecule has 11 heteroatoms. The maximum Gasteiger partial charge on any atom is 0.272 e. The third-order valence-corrected chi connectivity index (χ3v) is 9.21. The van der Waals surface area contributed by atoms with Gasteiger partial charge in [0.2, 0.25) is 5.91 Å². The minimum absolute atomic E-state index is 0.0572. The van der Waals surface area contributed by atoms with E-state index in [-0.39, 0.29) is 11.6 Å². The molecule has 3 N–H and O–H groups in total. The van der Waals surface area contributed by atoms with Gasteiger partial charge in [-0.05, 0) is 72.7 Å². The van der Waals surface area contributed by atoms with Gasteiger partial charge in [0.15, 0.2) is 5.13 Å². The van der Waals surface area contributed by atoms with E-state index in [4.69, 9.17) is 16.3 Å². The van der Waals surface area contributed by atoms with E-state index in [0.717, 1.165) is 21.9 Å². The number of rotatable bonds is 12. The molecule has 238 valence electrons. The Hall–Kier alpha value is -4.90. The molecule has 5 rings (SSSR count). The quantitative estimate of drug-likeness (QED) is 0.0901. The molecule has 3 amide bonds. The molecule has 0 radical (unpaired) electrons. The van der Waals surface area contributed by atoms with Gasteiger partial charge in [-0.3, -0.25) is 14.4 Å². The van der Waals surface area contributed by atoms with Gasteiger partial charge in [-0.25, -0.2) is 4.98 Å². The molecule has 0 aliphatic heterocycles. The largest absolute Gasteiger partial charge is 0.497 e. The van der Waals surface area contributed by atoms with Gasteiger partial charge in [-0.1, -0.05) is 67.1 Å². The van der Waals surface area contributed by atoms with E-state index in [1.807, 2.05) is 48.7 Å². The van der Waals surface area contributed by atoms with Gasteiger partial charge in [0, 0.05) is 32.1 Å². The van der Waals surface area contributed by atoms with Crippen molar-refractivity contribution in [2.75, 3.05) is 17.7 Å². The number of anilines is 2. The summed E-state index contributed by atoms with van der Waals surface area (Å²) in [5.41, 5.74) is 3.31. The van der Waals surface area contributed by atoms with E-state index in [1.54, 1.807) is 79.9 Å². The molecular weight excluding hydrogens is 652 g/mol. The molecule has 0 aliphatic carbocycles. The van der Waals surface area contributed by atoms with Crippen LogP contribution in [0, 0.1) is 0 Å². The standard InChI is InChI=1S/C36H31ClN4O4S2/c1-3-32(35(44)41-36-40-31(22-46-36)25-11-7-13-28(20-25)45-2)47-29-14-8-12-27(21-29)38-34(43)30(19-23-15-17-26(37)18-16-23)39-33(42)24-9-5-4-6-10-24/h4-22,32H,3H2,1-2H3,(H,38,43)(H,39,42)(H,40,41,44)/b30-19-. The number of methoxy groups -OCH3 is 1. The molecule has 0 saturated heterocycles. The number of aromatic nitrogens is 1. The van der Waals surface area contributed by atoms with Crippen LogP contribution < -0.4 is 20.7 Å². The van der Waals surface area contributed by atoms with Crippen molar-refractivity contribution >= 4 is 69.3 Å². The van der Waals surface area contributed by atoms with Crippen molar-refractivity contribution in [3.05, 3.63) is 130 Å². The summed E-state index contributed by atoms with van der Waals surface area (Å²) >= 11 is 8.77. The van der Waals surface area contributed by atoms with E-state index in [0.29, 0.717) is 33.4 Å². The molecule has 0 bridgehead atoms. The van der Waals surface area contributed by atoms with Gasteiger partial charge >= 0.3 is 0 Å². The predicted molar refractivity (Wildman–Crippen MR) is 191 cm³/mol. The highest BCUT2D eigenvalue weighted by molar-refractivity contribution is 8.00. The fourth-order valence-electron chi connectivity index (χ4n) is 4.43. The lowest BCUT2D eigenvalue weighted by Gasteiger charge is -2.15. The van der Waals surface area contributed by atoms with Crippen molar-refractivity contribution in [2.24, 2.45) is 0 Å². The van der Waals surface area contributed by atoms with Crippen molar-refractivity contribution in [1.82, 2.24) is 10.3 Å². The third kappa shape index (κ3) is 9.32. The van der Waals surface area contributed by atoms with Gasteiger partial charge in [-0.15, -0.1) is 23.1 Å². The first-order chi connectivity index (χ1) is 22.8. The average Bonchev–Trinajstić information content (AvgIpc) is 3.56. The number of carbonyl (C=O) groups is 3. The second-order valence-corrected chi connectivity index (χ2v) is 12.8. The molecule has 47 heavy (non-hydrogen) atoms. The molecule has 1 atom stereocenters. The number of nitrogens with zero attached hydrogens (tertiary/aromatic N) is 1. The highest BCUT2D eigenvalue weighted by Gasteiger charge is 2.21. The van der Waals surface area contributed by atoms with Gasteiger partial charge in [0.25, 0.3) is 11.8 Å². The van der Waals surface area contributed by atoms with E-state index in [9.17, 15) is 14.4 Å². The molecule has 0 spiro atoms. The second-order valence-electron chi connectivity index (χ2n) is 10.2. The maximum atomic E-state index is 13.5. The number of hydrogen-bond donors (Lipinski definition) is 3. The Morgan fingerprint density at radius 2 is 1.70 bits per heavy atom. The summed E-state index contributed by atoms with van der Waals surface area (Å²) in [5.74, 6) is -0.368. The Morgan fingerprint density at radius 3 is 2.45 bits per heavy atom. The number of benzene rings is 4. The van der Waals surface area contributed by atoms with Gasteiger partial charge in [0.05, 0.1) is 18.1 Å². The van der Waals surface area contributed by atoms with Crippen LogP contribution >= 0.6 is 34.7 Å². The highest BCUT2D eigenvalue weighted by Crippen LogP contribution is 2.31. The van der Waals surface area contributed by atoms with Crippen LogP contribution in [0.15, 0.2) is 119 Å². The van der Waals surface area contributed by atoms with E-state index in [1.165, 1.54) is 23.1 Å². The van der Waals surface area contributed by atoms with Gasteiger partial charge in [-0.2, -0.15) is 0 Å². The Labute approximate surface area is 286 Å². The lowest BCUT2D eigenvalue weighted by molar-refractivity contribution is -0.116. The summed E-state index contributed by atoms with van der Waals surface area (Å²) < 4.78 is 5.31. The summed E-state index contributed by atoms with van der Waals surface area (Å²) in [6.45, 7) is 1.94. The Morgan fingerprint density at radius 1 is 0.936 bits per heavy atom. The first-order valence-corrected chi connectivity index (χ1v) is 16.8. The number of ether oxygens (including phenoxy) is 1. The first kappa shape index (κ1) is 33.5. The number of amides is 3. The lowest BCUT2D eigenvalue weighted by atomic mass is 10.1. The van der Waals surface area contributed by atoms with Crippen molar-refractivity contribution < 1.29 is 19.1 Å². The first-order valence-electron chi connectivity index (χ1n) is 14.6. The van der Waals surface area contributed by atoms with Crippen molar-refractivity contribution in [2.45, 2.75) is 23.5 Å². The van der Waals surface area contributed by atoms with Crippen molar-refractivity contribution in [3.8, 4) is 17.0 Å². The zero-order valence-electron chi connectivity index (χ0n) is 25.5. The van der Waals surface area contributed by atoms with Crippen molar-refractivity contribution in [1.29, 1.82) is 0 Å². The molecule has 8 nitrogen and oxygen atoms in total. The van der Waals surface area contributed by atoms with Gasteiger partial charge < -0.3 is 20.7 Å². The summed E-state index contributed by atoms with van der Waals surface area (Å²) in [4.78, 5) is 45.1. The van der Waals surface area contributed by atoms with Crippen LogP contribution in [0.2, 0.25) is 5.02 Å².